The Morgan fingerprint density at radius 3 is 2.42 bits per heavy atom. The van der Waals surface area contributed by atoms with Crippen LogP contribution in [0.25, 0.3) is 0 Å². The fourth-order valence-corrected chi connectivity index (χ4v) is 4.00. The number of imide groups is 1. The van der Waals surface area contributed by atoms with Crippen LogP contribution >= 0.6 is 15.9 Å². The first-order chi connectivity index (χ1) is 9.00. The number of carbonyl (C=O) groups excluding carboxylic acids is 2. The fraction of sp³-hybridized carbons (Fsp3) is 0.857. The van der Waals surface area contributed by atoms with Gasteiger partial charge < -0.3 is 5.32 Å². The molecule has 3 fully saturated rings. The van der Waals surface area contributed by atoms with Crippen molar-refractivity contribution >= 4 is 27.9 Å². The molecule has 106 valence electrons. The molecule has 3 amide bonds. The van der Waals surface area contributed by atoms with Gasteiger partial charge in [0.1, 0.15) is 5.54 Å². The Bertz CT molecular complexity index is 412. The van der Waals surface area contributed by atoms with Crippen LogP contribution in [0.4, 0.5) is 4.79 Å². The summed E-state index contributed by atoms with van der Waals surface area (Å²) in [5.74, 6) is 0.693. The molecule has 19 heavy (non-hydrogen) atoms. The lowest BCUT2D eigenvalue weighted by Crippen LogP contribution is -2.49. The van der Waals surface area contributed by atoms with Crippen LogP contribution in [0.5, 0.6) is 0 Å². The number of nitrogens with zero attached hydrogens (tertiary/aromatic N) is 1. The minimum Gasteiger partial charge on any atom is -0.323 e. The number of hydrogen-bond acceptors (Lipinski definition) is 2. The number of urea groups is 1. The van der Waals surface area contributed by atoms with Gasteiger partial charge in [0.2, 0.25) is 0 Å². The molecule has 1 N–H and O–H groups in total. The van der Waals surface area contributed by atoms with E-state index in [0.29, 0.717) is 12.5 Å². The second-order valence-corrected chi connectivity index (χ2v) is 7.28. The number of halogens is 1. The highest BCUT2D eigenvalue weighted by Gasteiger charge is 2.55. The van der Waals surface area contributed by atoms with Crippen LogP contribution in [0, 0.1) is 11.3 Å². The number of rotatable bonds is 3. The molecule has 0 unspecified atom stereocenters. The third-order valence-corrected chi connectivity index (χ3v) is 6.30. The first-order valence-electron chi connectivity index (χ1n) is 7.20. The van der Waals surface area contributed by atoms with Gasteiger partial charge in [-0.3, -0.25) is 9.69 Å². The second-order valence-electron chi connectivity index (χ2n) is 6.72. The lowest BCUT2D eigenvalue weighted by Gasteiger charge is -2.33. The fourth-order valence-electron chi connectivity index (χ4n) is 3.26. The third kappa shape index (κ3) is 2.20. The van der Waals surface area contributed by atoms with Crippen molar-refractivity contribution in [2.45, 2.75) is 51.0 Å². The summed E-state index contributed by atoms with van der Waals surface area (Å²) in [5, 5.41) is 3.86. The number of alkyl halides is 1. The smallest absolute Gasteiger partial charge is 0.323 e. The van der Waals surface area contributed by atoms with E-state index in [1.165, 1.54) is 4.90 Å². The number of nitrogens with one attached hydrogen (secondary N) is 1. The van der Waals surface area contributed by atoms with Crippen LogP contribution in [0.3, 0.4) is 0 Å². The van der Waals surface area contributed by atoms with E-state index in [4.69, 9.17) is 0 Å². The Morgan fingerprint density at radius 1 is 1.26 bits per heavy atom. The minimum absolute atomic E-state index is 0.0247. The minimum atomic E-state index is -0.577. The molecule has 2 saturated carbocycles. The number of carbonyl (C=O) groups is 2. The standard InChI is InChI=1S/C14H21BrN2O2/c1-10-2-4-14(5-3-10)11(18)17(12(19)16-14)9-13(8-15)6-7-13/h10H,2-9H2,1H3,(H,16,19). The van der Waals surface area contributed by atoms with Gasteiger partial charge in [-0.1, -0.05) is 22.9 Å². The number of hydrogen-bond donors (Lipinski definition) is 1. The third-order valence-electron chi connectivity index (χ3n) is 5.11. The SMILES string of the molecule is CC1CCC2(CC1)NC(=O)N(CC1(CBr)CC1)C2=O. The summed E-state index contributed by atoms with van der Waals surface area (Å²) < 4.78 is 0. The highest BCUT2D eigenvalue weighted by atomic mass is 79.9. The first-order valence-corrected chi connectivity index (χ1v) is 8.33. The van der Waals surface area contributed by atoms with Crippen molar-refractivity contribution in [3.05, 3.63) is 0 Å². The van der Waals surface area contributed by atoms with E-state index in [0.717, 1.165) is 43.9 Å². The van der Waals surface area contributed by atoms with E-state index >= 15 is 0 Å². The van der Waals surface area contributed by atoms with Gasteiger partial charge >= 0.3 is 6.03 Å². The Labute approximate surface area is 122 Å². The zero-order chi connectivity index (χ0) is 13.7. The Hall–Kier alpha value is -0.580. The zero-order valence-corrected chi connectivity index (χ0v) is 13.0. The van der Waals surface area contributed by atoms with Gasteiger partial charge in [0, 0.05) is 11.9 Å². The first kappa shape index (κ1) is 13.4. The summed E-state index contributed by atoms with van der Waals surface area (Å²) in [6.07, 6.45) is 5.89. The van der Waals surface area contributed by atoms with E-state index in [1.807, 2.05) is 0 Å². The zero-order valence-electron chi connectivity index (χ0n) is 11.4. The quantitative estimate of drug-likeness (QED) is 0.639. The summed E-state index contributed by atoms with van der Waals surface area (Å²) in [5.41, 5.74) is -0.424. The molecule has 0 aromatic heterocycles. The molecule has 4 nitrogen and oxygen atoms in total. The molecule has 1 saturated heterocycles. The van der Waals surface area contributed by atoms with Crippen LogP contribution in [0.2, 0.25) is 0 Å². The molecule has 0 aromatic rings. The summed E-state index contributed by atoms with van der Waals surface area (Å²) in [6.45, 7) is 2.80. The van der Waals surface area contributed by atoms with Crippen molar-refractivity contribution in [2.75, 3.05) is 11.9 Å². The molecular formula is C14H21BrN2O2. The predicted molar refractivity (Wildman–Crippen MR) is 76.1 cm³/mol. The van der Waals surface area contributed by atoms with Crippen LogP contribution in [0.15, 0.2) is 0 Å². The van der Waals surface area contributed by atoms with Gasteiger partial charge in [0.05, 0.1) is 0 Å². The molecule has 0 bridgehead atoms. The molecule has 3 rings (SSSR count). The molecule has 1 spiro atoms. The lowest BCUT2D eigenvalue weighted by atomic mass is 9.77. The van der Waals surface area contributed by atoms with Crippen molar-refractivity contribution < 1.29 is 9.59 Å². The largest absolute Gasteiger partial charge is 0.325 e. The summed E-state index contributed by atoms with van der Waals surface area (Å²) in [7, 11) is 0. The molecule has 3 aliphatic rings. The lowest BCUT2D eigenvalue weighted by molar-refractivity contribution is -0.133. The Morgan fingerprint density at radius 2 is 1.89 bits per heavy atom. The molecule has 2 aliphatic carbocycles. The van der Waals surface area contributed by atoms with Crippen molar-refractivity contribution in [1.82, 2.24) is 10.2 Å². The van der Waals surface area contributed by atoms with E-state index in [-0.39, 0.29) is 17.4 Å². The van der Waals surface area contributed by atoms with Crippen LogP contribution in [0.1, 0.15) is 45.4 Å². The maximum absolute atomic E-state index is 12.6. The predicted octanol–water partition coefficient (Wildman–Crippen LogP) is 2.66. The topological polar surface area (TPSA) is 49.4 Å². The average Bonchev–Trinajstić information content (AvgIpc) is 3.14. The molecule has 0 aromatic carbocycles. The summed E-state index contributed by atoms with van der Waals surface area (Å²) in [4.78, 5) is 26.3. The van der Waals surface area contributed by atoms with E-state index in [1.54, 1.807) is 0 Å². The summed E-state index contributed by atoms with van der Waals surface area (Å²) in [6, 6.07) is -0.174. The molecular weight excluding hydrogens is 308 g/mol. The highest BCUT2D eigenvalue weighted by molar-refractivity contribution is 9.09. The van der Waals surface area contributed by atoms with Gasteiger partial charge in [0.25, 0.3) is 5.91 Å². The van der Waals surface area contributed by atoms with Gasteiger partial charge in [0.15, 0.2) is 0 Å². The van der Waals surface area contributed by atoms with Crippen LogP contribution in [-0.2, 0) is 4.79 Å². The highest BCUT2D eigenvalue weighted by Crippen LogP contribution is 2.48. The van der Waals surface area contributed by atoms with Crippen LogP contribution < -0.4 is 5.32 Å². The monoisotopic (exact) mass is 328 g/mol. The molecule has 5 heteroatoms. The van der Waals surface area contributed by atoms with Crippen molar-refractivity contribution in [3.8, 4) is 0 Å². The van der Waals surface area contributed by atoms with Gasteiger partial charge in [-0.2, -0.15) is 0 Å². The van der Waals surface area contributed by atoms with Gasteiger partial charge in [-0.25, -0.2) is 4.79 Å². The molecule has 1 heterocycles. The molecule has 1 aliphatic heterocycles. The normalized spacial score (nSPS) is 36.7. The summed E-state index contributed by atoms with van der Waals surface area (Å²) >= 11 is 3.51. The average molecular weight is 329 g/mol. The van der Waals surface area contributed by atoms with E-state index < -0.39 is 5.54 Å². The number of amides is 3. The maximum atomic E-state index is 12.6. The van der Waals surface area contributed by atoms with E-state index in [2.05, 4.69) is 28.2 Å². The van der Waals surface area contributed by atoms with Gasteiger partial charge in [-0.15, -0.1) is 0 Å². The molecule has 0 atom stereocenters. The maximum Gasteiger partial charge on any atom is 0.325 e. The second kappa shape index (κ2) is 4.47. The Kier molecular flexibility index (Phi) is 3.15. The molecule has 0 radical (unpaired) electrons. The van der Waals surface area contributed by atoms with E-state index in [9.17, 15) is 9.59 Å². The van der Waals surface area contributed by atoms with Gasteiger partial charge in [-0.05, 0) is 49.9 Å². The van der Waals surface area contributed by atoms with Crippen LogP contribution in [-0.4, -0.2) is 34.3 Å². The Balaban J connectivity index is 1.74. The van der Waals surface area contributed by atoms with Crippen molar-refractivity contribution in [3.63, 3.8) is 0 Å². The van der Waals surface area contributed by atoms with Crippen molar-refractivity contribution in [2.24, 2.45) is 11.3 Å². The van der Waals surface area contributed by atoms with Crippen molar-refractivity contribution in [1.29, 1.82) is 0 Å².